The molecule has 7 heteroatoms. The van der Waals surface area contributed by atoms with Crippen molar-refractivity contribution in [3.63, 3.8) is 0 Å². The van der Waals surface area contributed by atoms with Crippen LogP contribution >= 0.6 is 0 Å². The molecule has 0 spiro atoms. The number of rotatable bonds is 9. The number of piperazine rings is 1. The molecule has 2 aromatic rings. The maximum atomic E-state index is 12.8. The van der Waals surface area contributed by atoms with E-state index in [0.717, 1.165) is 12.0 Å². The maximum absolute atomic E-state index is 12.8. The van der Waals surface area contributed by atoms with Gasteiger partial charge < -0.3 is 24.0 Å². The van der Waals surface area contributed by atoms with E-state index in [9.17, 15) is 9.59 Å². The van der Waals surface area contributed by atoms with Gasteiger partial charge in [0.1, 0.15) is 5.75 Å². The van der Waals surface area contributed by atoms with Gasteiger partial charge in [-0.05, 0) is 55.3 Å². The Labute approximate surface area is 195 Å². The van der Waals surface area contributed by atoms with Crippen molar-refractivity contribution in [3.05, 3.63) is 59.7 Å². The van der Waals surface area contributed by atoms with Crippen molar-refractivity contribution >= 4 is 17.9 Å². The van der Waals surface area contributed by atoms with Crippen molar-refractivity contribution in [1.29, 1.82) is 0 Å². The van der Waals surface area contributed by atoms with Gasteiger partial charge in [-0.1, -0.05) is 19.1 Å². The molecule has 2 aromatic carbocycles. The van der Waals surface area contributed by atoms with E-state index >= 15 is 0 Å². The highest BCUT2D eigenvalue weighted by Gasteiger charge is 2.24. The topological polar surface area (TPSA) is 68.3 Å². The average molecular weight is 453 g/mol. The minimum Gasteiger partial charge on any atom is -0.497 e. The summed E-state index contributed by atoms with van der Waals surface area (Å²) in [6.07, 6.45) is 4.26. The van der Waals surface area contributed by atoms with Gasteiger partial charge in [-0.2, -0.15) is 0 Å². The smallest absolute Gasteiger partial charge is 0.254 e. The lowest BCUT2D eigenvalue weighted by Crippen LogP contribution is -2.50. The van der Waals surface area contributed by atoms with Gasteiger partial charge in [0.25, 0.3) is 5.91 Å². The number of hydrogen-bond donors (Lipinski definition) is 0. The van der Waals surface area contributed by atoms with Crippen LogP contribution < -0.4 is 14.2 Å². The number of benzene rings is 2. The Kier molecular flexibility index (Phi) is 8.75. The summed E-state index contributed by atoms with van der Waals surface area (Å²) >= 11 is 0. The summed E-state index contributed by atoms with van der Waals surface area (Å²) in [5, 5.41) is 0. The van der Waals surface area contributed by atoms with E-state index in [1.165, 1.54) is 0 Å². The van der Waals surface area contributed by atoms with Crippen LogP contribution in [0.15, 0.2) is 48.5 Å². The molecule has 7 nitrogen and oxygen atoms in total. The molecule has 0 bridgehead atoms. The highest BCUT2D eigenvalue weighted by molar-refractivity contribution is 5.95. The summed E-state index contributed by atoms with van der Waals surface area (Å²) in [6, 6.07) is 12.8. The van der Waals surface area contributed by atoms with E-state index in [1.807, 2.05) is 31.2 Å². The fraction of sp³-hybridized carbons (Fsp3) is 0.385. The van der Waals surface area contributed by atoms with Crippen LogP contribution in [0.3, 0.4) is 0 Å². The summed E-state index contributed by atoms with van der Waals surface area (Å²) in [5.41, 5.74) is 1.45. The first-order chi connectivity index (χ1) is 16.0. The monoisotopic (exact) mass is 452 g/mol. The number of nitrogens with zero attached hydrogens (tertiary/aromatic N) is 2. The molecule has 1 saturated heterocycles. The molecule has 0 saturated carbocycles. The minimum absolute atomic E-state index is 0.0506. The van der Waals surface area contributed by atoms with Gasteiger partial charge >= 0.3 is 0 Å². The fourth-order valence-electron chi connectivity index (χ4n) is 3.57. The maximum Gasteiger partial charge on any atom is 0.254 e. The Bertz CT molecular complexity index is 980. The zero-order chi connectivity index (χ0) is 23.6. The molecule has 1 aliphatic rings. The molecule has 176 valence electrons. The van der Waals surface area contributed by atoms with Crippen LogP contribution in [0, 0.1) is 0 Å². The first-order valence-corrected chi connectivity index (χ1v) is 11.4. The van der Waals surface area contributed by atoms with Gasteiger partial charge in [-0.25, -0.2) is 0 Å². The highest BCUT2D eigenvalue weighted by atomic mass is 16.5. The third-order valence-electron chi connectivity index (χ3n) is 5.34. The van der Waals surface area contributed by atoms with Crippen molar-refractivity contribution in [1.82, 2.24) is 9.80 Å². The molecular weight excluding hydrogens is 420 g/mol. The second-order valence-electron chi connectivity index (χ2n) is 7.67. The largest absolute Gasteiger partial charge is 0.497 e. The van der Waals surface area contributed by atoms with E-state index in [2.05, 4.69) is 6.92 Å². The lowest BCUT2D eigenvalue weighted by Gasteiger charge is -2.34. The van der Waals surface area contributed by atoms with Crippen LogP contribution in [0.1, 0.15) is 36.2 Å². The number of ether oxygens (including phenoxy) is 3. The van der Waals surface area contributed by atoms with Crippen molar-refractivity contribution in [2.75, 3.05) is 46.5 Å². The molecule has 0 unspecified atom stereocenters. The molecule has 0 aliphatic carbocycles. The SMILES string of the molecule is CCCOc1ccc(/C=C/C(=O)N2CCN(C(=O)c3cccc(OC)c3)CC2)cc1OCC. The Morgan fingerprint density at radius 2 is 1.70 bits per heavy atom. The zero-order valence-electron chi connectivity index (χ0n) is 19.6. The van der Waals surface area contributed by atoms with Gasteiger partial charge in [-0.15, -0.1) is 0 Å². The van der Waals surface area contributed by atoms with Crippen molar-refractivity contribution in [3.8, 4) is 17.2 Å². The highest BCUT2D eigenvalue weighted by Crippen LogP contribution is 2.29. The van der Waals surface area contributed by atoms with Crippen LogP contribution in [0.5, 0.6) is 17.2 Å². The molecule has 0 N–H and O–H groups in total. The Hall–Kier alpha value is -3.48. The van der Waals surface area contributed by atoms with Crippen LogP contribution in [0.2, 0.25) is 0 Å². The van der Waals surface area contributed by atoms with Crippen LogP contribution in [0.4, 0.5) is 0 Å². The molecule has 0 atom stereocenters. The molecule has 2 amide bonds. The van der Waals surface area contributed by atoms with Gasteiger partial charge in [0, 0.05) is 37.8 Å². The minimum atomic E-state index is -0.0762. The van der Waals surface area contributed by atoms with E-state index in [0.29, 0.717) is 62.2 Å². The van der Waals surface area contributed by atoms with Crippen LogP contribution in [-0.2, 0) is 4.79 Å². The van der Waals surface area contributed by atoms with Gasteiger partial charge in [0.05, 0.1) is 20.3 Å². The molecule has 33 heavy (non-hydrogen) atoms. The quantitative estimate of drug-likeness (QED) is 0.540. The predicted molar refractivity (Wildman–Crippen MR) is 128 cm³/mol. The number of carbonyl (C=O) groups is 2. The number of amides is 2. The van der Waals surface area contributed by atoms with Gasteiger partial charge in [0.2, 0.25) is 5.91 Å². The average Bonchev–Trinajstić information content (AvgIpc) is 2.86. The normalized spacial score (nSPS) is 13.8. The van der Waals surface area contributed by atoms with Crippen molar-refractivity contribution in [2.24, 2.45) is 0 Å². The first kappa shape index (κ1) is 24.2. The summed E-state index contributed by atoms with van der Waals surface area (Å²) in [6.45, 7) is 7.11. The molecular formula is C26H32N2O5. The van der Waals surface area contributed by atoms with E-state index in [-0.39, 0.29) is 11.8 Å². The molecule has 0 radical (unpaired) electrons. The van der Waals surface area contributed by atoms with E-state index in [4.69, 9.17) is 14.2 Å². The van der Waals surface area contributed by atoms with Crippen LogP contribution in [0.25, 0.3) is 6.08 Å². The second kappa shape index (κ2) is 11.9. The first-order valence-electron chi connectivity index (χ1n) is 11.4. The lowest BCUT2D eigenvalue weighted by molar-refractivity contribution is -0.127. The molecule has 3 rings (SSSR count). The summed E-state index contributed by atoms with van der Waals surface area (Å²) in [4.78, 5) is 29.0. The van der Waals surface area contributed by atoms with Gasteiger partial charge in [-0.3, -0.25) is 9.59 Å². The standard InChI is InChI=1S/C26H32N2O5/c1-4-17-33-23-11-9-20(18-24(23)32-5-2)10-12-25(29)27-13-15-28(16-14-27)26(30)21-7-6-8-22(19-21)31-3/h6-12,18-19H,4-5,13-17H2,1-3H3/b12-10+. The summed E-state index contributed by atoms with van der Waals surface area (Å²) < 4.78 is 16.6. The molecule has 1 aliphatic heterocycles. The third kappa shape index (κ3) is 6.51. The van der Waals surface area contributed by atoms with Gasteiger partial charge in [0.15, 0.2) is 11.5 Å². The lowest BCUT2D eigenvalue weighted by atomic mass is 10.1. The van der Waals surface area contributed by atoms with Crippen LogP contribution in [-0.4, -0.2) is 68.1 Å². The van der Waals surface area contributed by atoms with E-state index < -0.39 is 0 Å². The third-order valence-corrected chi connectivity index (χ3v) is 5.34. The number of methoxy groups -OCH3 is 1. The Balaban J connectivity index is 1.57. The summed E-state index contributed by atoms with van der Waals surface area (Å²) in [5.74, 6) is 1.90. The van der Waals surface area contributed by atoms with Crippen molar-refractivity contribution < 1.29 is 23.8 Å². The van der Waals surface area contributed by atoms with E-state index in [1.54, 1.807) is 47.3 Å². The second-order valence-corrected chi connectivity index (χ2v) is 7.67. The Morgan fingerprint density at radius 1 is 0.939 bits per heavy atom. The summed E-state index contributed by atoms with van der Waals surface area (Å²) in [7, 11) is 1.58. The zero-order valence-corrected chi connectivity index (χ0v) is 19.6. The molecule has 0 aromatic heterocycles. The molecule has 1 fully saturated rings. The predicted octanol–water partition coefficient (Wildman–Crippen LogP) is 3.88. The number of carbonyl (C=O) groups excluding carboxylic acids is 2. The fourth-order valence-corrected chi connectivity index (χ4v) is 3.57. The molecule has 1 heterocycles. The number of hydrogen-bond acceptors (Lipinski definition) is 5. The van der Waals surface area contributed by atoms with Crippen molar-refractivity contribution in [2.45, 2.75) is 20.3 Å². The Morgan fingerprint density at radius 3 is 2.39 bits per heavy atom.